The first-order chi connectivity index (χ1) is 14.5. The van der Waals surface area contributed by atoms with Crippen molar-refractivity contribution in [1.82, 2.24) is 4.90 Å². The third-order valence-electron chi connectivity index (χ3n) is 4.53. The molecule has 1 saturated heterocycles. The highest BCUT2D eigenvalue weighted by Crippen LogP contribution is 2.29. The second-order valence-electron chi connectivity index (χ2n) is 6.66. The van der Waals surface area contributed by atoms with Gasteiger partial charge < -0.3 is 10.5 Å². The number of rotatable bonds is 7. The molecule has 0 aliphatic carbocycles. The molecule has 1 aliphatic heterocycles. The van der Waals surface area contributed by atoms with E-state index in [4.69, 9.17) is 10.5 Å². The van der Waals surface area contributed by atoms with Gasteiger partial charge in [0, 0.05) is 13.0 Å². The van der Waals surface area contributed by atoms with Crippen LogP contribution < -0.4 is 5.73 Å². The van der Waals surface area contributed by atoms with Gasteiger partial charge in [-0.15, -0.1) is 0 Å². The van der Waals surface area contributed by atoms with Crippen molar-refractivity contribution in [2.75, 3.05) is 13.2 Å². The van der Waals surface area contributed by atoms with Crippen LogP contribution in [0.4, 0.5) is 5.69 Å². The molecule has 30 heavy (non-hydrogen) atoms. The van der Waals surface area contributed by atoms with Gasteiger partial charge in [0.2, 0.25) is 11.8 Å². The van der Waals surface area contributed by atoms with Gasteiger partial charge in [0.1, 0.15) is 0 Å². The van der Waals surface area contributed by atoms with Crippen molar-refractivity contribution in [3.8, 4) is 0 Å². The van der Waals surface area contributed by atoms with Crippen LogP contribution in [0.1, 0.15) is 29.3 Å². The van der Waals surface area contributed by atoms with Crippen LogP contribution in [-0.2, 0) is 20.7 Å². The number of primary amides is 1. The summed E-state index contributed by atoms with van der Waals surface area (Å²) in [5.74, 6) is -1.13. The van der Waals surface area contributed by atoms with Crippen LogP contribution in [0.25, 0.3) is 0 Å². The lowest BCUT2D eigenvalue weighted by Crippen LogP contribution is -2.46. The first-order valence-corrected chi connectivity index (χ1v) is 10.5. The molecular formula is C22H23N3O4S. The van der Waals surface area contributed by atoms with Crippen LogP contribution in [0.15, 0.2) is 59.6 Å². The fraction of sp³-hybridized carbons (Fsp3) is 0.273. The van der Waals surface area contributed by atoms with Gasteiger partial charge >= 0.3 is 5.97 Å². The predicted octanol–water partition coefficient (Wildman–Crippen LogP) is 2.91. The molecule has 0 saturated carbocycles. The molecule has 1 atom stereocenters. The lowest BCUT2D eigenvalue weighted by molar-refractivity contribution is -0.129. The van der Waals surface area contributed by atoms with Gasteiger partial charge in [0.15, 0.2) is 5.17 Å². The molecule has 3 rings (SSSR count). The van der Waals surface area contributed by atoms with E-state index >= 15 is 0 Å². The van der Waals surface area contributed by atoms with Gasteiger partial charge in [0.05, 0.1) is 23.1 Å². The summed E-state index contributed by atoms with van der Waals surface area (Å²) >= 11 is 1.19. The molecule has 1 heterocycles. The third-order valence-corrected chi connectivity index (χ3v) is 5.73. The number of ether oxygens (including phenoxy) is 1. The van der Waals surface area contributed by atoms with Crippen molar-refractivity contribution >= 4 is 40.4 Å². The zero-order chi connectivity index (χ0) is 21.5. The maximum atomic E-state index is 12.7. The van der Waals surface area contributed by atoms with Gasteiger partial charge in [-0.25, -0.2) is 9.79 Å². The highest BCUT2D eigenvalue weighted by molar-refractivity contribution is 8.15. The standard InChI is InChI=1S/C22H23N3O4S/c1-2-29-21(28)16-8-10-17(11-9-16)24-22-25(13-12-15-6-4-3-5-7-15)19(26)14-18(30-22)20(23)27/h3-11,18H,2,12-14H2,1H3,(H2,23,27). The summed E-state index contributed by atoms with van der Waals surface area (Å²) in [5.41, 5.74) is 7.53. The number of amides is 2. The fourth-order valence-electron chi connectivity index (χ4n) is 2.96. The maximum Gasteiger partial charge on any atom is 0.338 e. The molecule has 8 heteroatoms. The largest absolute Gasteiger partial charge is 0.462 e. The molecule has 156 valence electrons. The minimum Gasteiger partial charge on any atom is -0.462 e. The molecule has 2 aromatic rings. The quantitative estimate of drug-likeness (QED) is 0.687. The number of esters is 1. The van der Waals surface area contributed by atoms with E-state index in [1.807, 2.05) is 30.3 Å². The van der Waals surface area contributed by atoms with Gasteiger partial charge in [-0.05, 0) is 43.2 Å². The molecule has 0 aromatic heterocycles. The van der Waals surface area contributed by atoms with Gasteiger partial charge in [-0.1, -0.05) is 42.1 Å². The Bertz CT molecular complexity index is 945. The monoisotopic (exact) mass is 425 g/mol. The van der Waals surface area contributed by atoms with Crippen LogP contribution in [0.3, 0.4) is 0 Å². The Hall–Kier alpha value is -3.13. The second-order valence-corrected chi connectivity index (χ2v) is 7.83. The molecule has 7 nitrogen and oxygen atoms in total. The third kappa shape index (κ3) is 5.48. The number of thioether (sulfide) groups is 1. The highest BCUT2D eigenvalue weighted by atomic mass is 32.2. The van der Waals surface area contributed by atoms with Crippen LogP contribution >= 0.6 is 11.8 Å². The number of nitrogens with two attached hydrogens (primary N) is 1. The van der Waals surface area contributed by atoms with Crippen molar-refractivity contribution < 1.29 is 19.1 Å². The average Bonchev–Trinajstić information content (AvgIpc) is 2.74. The van der Waals surface area contributed by atoms with Crippen molar-refractivity contribution in [1.29, 1.82) is 0 Å². The van der Waals surface area contributed by atoms with Gasteiger partial charge in [-0.2, -0.15) is 0 Å². The number of hydrogen-bond donors (Lipinski definition) is 1. The van der Waals surface area contributed by atoms with E-state index < -0.39 is 17.1 Å². The first-order valence-electron chi connectivity index (χ1n) is 9.64. The van der Waals surface area contributed by atoms with E-state index in [1.165, 1.54) is 11.8 Å². The number of nitrogens with zero attached hydrogens (tertiary/aromatic N) is 2. The Labute approximate surface area is 179 Å². The summed E-state index contributed by atoms with van der Waals surface area (Å²) in [6, 6.07) is 16.4. The minimum atomic E-state index is -0.650. The summed E-state index contributed by atoms with van der Waals surface area (Å²) in [7, 11) is 0. The maximum absolute atomic E-state index is 12.7. The summed E-state index contributed by atoms with van der Waals surface area (Å²) in [5, 5.41) is -0.224. The normalized spacial score (nSPS) is 17.8. The fourth-order valence-corrected chi connectivity index (χ4v) is 4.03. The molecule has 0 radical (unpaired) electrons. The van der Waals surface area contributed by atoms with Crippen molar-refractivity contribution in [2.45, 2.75) is 25.0 Å². The number of amidine groups is 1. The Morgan fingerprint density at radius 2 is 1.87 bits per heavy atom. The molecule has 2 N–H and O–H groups in total. The predicted molar refractivity (Wildman–Crippen MR) is 117 cm³/mol. The smallest absolute Gasteiger partial charge is 0.338 e. The molecule has 0 bridgehead atoms. The summed E-state index contributed by atoms with van der Waals surface area (Å²) in [6.45, 7) is 2.49. The first kappa shape index (κ1) is 21.6. The molecular weight excluding hydrogens is 402 g/mol. The van der Waals surface area contributed by atoms with Gasteiger partial charge in [0.25, 0.3) is 0 Å². The summed E-state index contributed by atoms with van der Waals surface area (Å²) in [4.78, 5) is 42.4. The Morgan fingerprint density at radius 3 is 2.50 bits per heavy atom. The number of aliphatic imine (C=N–C) groups is 1. The number of carbonyl (C=O) groups is 3. The Balaban J connectivity index is 1.82. The van der Waals surface area contributed by atoms with Crippen molar-refractivity contribution in [3.05, 3.63) is 65.7 Å². The van der Waals surface area contributed by atoms with E-state index in [9.17, 15) is 14.4 Å². The number of benzene rings is 2. The molecule has 1 aliphatic rings. The van der Waals surface area contributed by atoms with Crippen molar-refractivity contribution in [3.63, 3.8) is 0 Å². The number of carbonyl (C=O) groups excluding carboxylic acids is 3. The van der Waals surface area contributed by atoms with Crippen LogP contribution in [0.2, 0.25) is 0 Å². The zero-order valence-corrected chi connectivity index (χ0v) is 17.4. The lowest BCUT2D eigenvalue weighted by Gasteiger charge is -2.31. The Kier molecular flexibility index (Phi) is 7.24. The Morgan fingerprint density at radius 1 is 1.17 bits per heavy atom. The van der Waals surface area contributed by atoms with Crippen LogP contribution in [0, 0.1) is 0 Å². The SMILES string of the molecule is CCOC(=O)c1ccc(N=C2SC(C(N)=O)CC(=O)N2CCc2ccccc2)cc1. The topological polar surface area (TPSA) is 102 Å². The van der Waals surface area contributed by atoms with Gasteiger partial charge in [-0.3, -0.25) is 14.5 Å². The molecule has 1 fully saturated rings. The van der Waals surface area contributed by atoms with Crippen LogP contribution in [0.5, 0.6) is 0 Å². The summed E-state index contributed by atoms with van der Waals surface area (Å²) in [6.07, 6.45) is 0.713. The molecule has 2 amide bonds. The number of hydrogen-bond acceptors (Lipinski definition) is 6. The molecule has 1 unspecified atom stereocenters. The van der Waals surface area contributed by atoms with E-state index in [0.717, 1.165) is 5.56 Å². The van der Waals surface area contributed by atoms with Crippen molar-refractivity contribution in [2.24, 2.45) is 10.7 Å². The van der Waals surface area contributed by atoms with E-state index in [2.05, 4.69) is 4.99 Å². The average molecular weight is 426 g/mol. The van der Waals surface area contributed by atoms with E-state index in [1.54, 1.807) is 36.1 Å². The molecule has 0 spiro atoms. The van der Waals surface area contributed by atoms with Crippen LogP contribution in [-0.4, -0.2) is 46.3 Å². The van der Waals surface area contributed by atoms with E-state index in [-0.39, 0.29) is 12.3 Å². The molecule has 2 aromatic carbocycles. The highest BCUT2D eigenvalue weighted by Gasteiger charge is 2.34. The lowest BCUT2D eigenvalue weighted by atomic mass is 10.1. The summed E-state index contributed by atoms with van der Waals surface area (Å²) < 4.78 is 4.98. The zero-order valence-electron chi connectivity index (χ0n) is 16.6. The minimum absolute atomic E-state index is 0.0512. The second kappa shape index (κ2) is 10.1. The van der Waals surface area contributed by atoms with E-state index in [0.29, 0.717) is 36.0 Å².